The maximum atomic E-state index is 8.97. The molecule has 0 atom stereocenters. The van der Waals surface area contributed by atoms with Crippen LogP contribution < -0.4 is 11.1 Å². The molecule has 0 aromatic carbocycles. The molecule has 0 aliphatic heterocycles. The second-order valence-electron chi connectivity index (χ2n) is 3.95. The highest BCUT2D eigenvalue weighted by Gasteiger charge is 2.32. The number of aliphatic hydroxyl groups is 2. The summed E-state index contributed by atoms with van der Waals surface area (Å²) in [4.78, 5) is 0. The standard InChI is InChI=1S/C8H18N2O2/c1-8(4-11,5-12)10-7-2-6(9)3-7/h6-7,10-12H,2-5,9H2,1H3. The minimum absolute atomic E-state index is 0.0464. The van der Waals surface area contributed by atoms with E-state index in [0.29, 0.717) is 12.1 Å². The SMILES string of the molecule is CC(CO)(CO)NC1CC(N)C1. The van der Waals surface area contributed by atoms with Crippen LogP contribution in [0.25, 0.3) is 0 Å². The quantitative estimate of drug-likeness (QED) is 0.432. The van der Waals surface area contributed by atoms with E-state index >= 15 is 0 Å². The normalized spacial score (nSPS) is 30.0. The van der Waals surface area contributed by atoms with Gasteiger partial charge in [0.1, 0.15) is 0 Å². The lowest BCUT2D eigenvalue weighted by molar-refractivity contribution is 0.0785. The Labute approximate surface area is 72.8 Å². The summed E-state index contributed by atoms with van der Waals surface area (Å²) in [5.41, 5.74) is 5.05. The van der Waals surface area contributed by atoms with Crippen molar-refractivity contribution in [2.75, 3.05) is 13.2 Å². The molecule has 4 heteroatoms. The summed E-state index contributed by atoms with van der Waals surface area (Å²) < 4.78 is 0. The highest BCUT2D eigenvalue weighted by Crippen LogP contribution is 2.20. The van der Waals surface area contributed by atoms with Crippen LogP contribution >= 0.6 is 0 Å². The van der Waals surface area contributed by atoms with E-state index in [2.05, 4.69) is 5.32 Å². The van der Waals surface area contributed by atoms with Crippen molar-refractivity contribution >= 4 is 0 Å². The molecule has 0 spiro atoms. The second kappa shape index (κ2) is 3.70. The Hall–Kier alpha value is -0.160. The van der Waals surface area contributed by atoms with Crippen molar-refractivity contribution in [2.24, 2.45) is 5.73 Å². The molecule has 1 aliphatic carbocycles. The van der Waals surface area contributed by atoms with Gasteiger partial charge in [-0.15, -0.1) is 0 Å². The molecular weight excluding hydrogens is 156 g/mol. The van der Waals surface area contributed by atoms with Crippen LogP contribution in [0.2, 0.25) is 0 Å². The molecule has 1 rings (SSSR count). The smallest absolute Gasteiger partial charge is 0.0633 e. The predicted molar refractivity (Wildman–Crippen MR) is 46.7 cm³/mol. The number of nitrogens with one attached hydrogen (secondary N) is 1. The molecule has 5 N–H and O–H groups in total. The van der Waals surface area contributed by atoms with Crippen LogP contribution in [0.4, 0.5) is 0 Å². The molecule has 1 saturated carbocycles. The minimum Gasteiger partial charge on any atom is -0.394 e. The molecule has 4 nitrogen and oxygen atoms in total. The zero-order valence-corrected chi connectivity index (χ0v) is 7.45. The van der Waals surface area contributed by atoms with Crippen molar-refractivity contribution in [3.63, 3.8) is 0 Å². The van der Waals surface area contributed by atoms with Crippen LogP contribution in [0.1, 0.15) is 19.8 Å². The van der Waals surface area contributed by atoms with Gasteiger partial charge in [0.25, 0.3) is 0 Å². The van der Waals surface area contributed by atoms with Crippen LogP contribution in [-0.4, -0.2) is 41.0 Å². The number of hydrogen-bond acceptors (Lipinski definition) is 4. The number of hydrogen-bond donors (Lipinski definition) is 4. The first-order valence-electron chi connectivity index (χ1n) is 4.34. The highest BCUT2D eigenvalue weighted by atomic mass is 16.3. The Morgan fingerprint density at radius 2 is 1.92 bits per heavy atom. The molecule has 0 saturated heterocycles. The third-order valence-corrected chi connectivity index (χ3v) is 2.43. The maximum Gasteiger partial charge on any atom is 0.0633 e. The average molecular weight is 174 g/mol. The van der Waals surface area contributed by atoms with Crippen molar-refractivity contribution in [1.29, 1.82) is 0 Å². The zero-order valence-electron chi connectivity index (χ0n) is 7.45. The molecule has 0 aromatic rings. The van der Waals surface area contributed by atoms with E-state index in [4.69, 9.17) is 15.9 Å². The maximum absolute atomic E-state index is 8.97. The molecule has 1 aliphatic rings. The third-order valence-electron chi connectivity index (χ3n) is 2.43. The summed E-state index contributed by atoms with van der Waals surface area (Å²) in [5, 5.41) is 21.1. The molecule has 0 heterocycles. The molecule has 0 unspecified atom stereocenters. The Morgan fingerprint density at radius 3 is 2.25 bits per heavy atom. The van der Waals surface area contributed by atoms with Gasteiger partial charge in [-0.25, -0.2) is 0 Å². The fraction of sp³-hybridized carbons (Fsp3) is 1.00. The largest absolute Gasteiger partial charge is 0.394 e. The monoisotopic (exact) mass is 174 g/mol. The van der Waals surface area contributed by atoms with Gasteiger partial charge in [0.15, 0.2) is 0 Å². The van der Waals surface area contributed by atoms with Gasteiger partial charge in [0, 0.05) is 12.1 Å². The molecule has 0 bridgehead atoms. The third kappa shape index (κ3) is 2.17. The molecule has 12 heavy (non-hydrogen) atoms. The Bertz CT molecular complexity index is 142. The van der Waals surface area contributed by atoms with Crippen LogP contribution in [0.3, 0.4) is 0 Å². The van der Waals surface area contributed by atoms with Gasteiger partial charge in [-0.2, -0.15) is 0 Å². The van der Waals surface area contributed by atoms with Crippen molar-refractivity contribution in [1.82, 2.24) is 5.32 Å². The van der Waals surface area contributed by atoms with E-state index in [0.717, 1.165) is 12.8 Å². The lowest BCUT2D eigenvalue weighted by Gasteiger charge is -2.39. The van der Waals surface area contributed by atoms with Crippen molar-refractivity contribution in [3.05, 3.63) is 0 Å². The Morgan fingerprint density at radius 1 is 1.42 bits per heavy atom. The van der Waals surface area contributed by atoms with E-state index in [1.54, 1.807) is 6.92 Å². The van der Waals surface area contributed by atoms with E-state index in [1.165, 1.54) is 0 Å². The van der Waals surface area contributed by atoms with Crippen molar-refractivity contribution in [3.8, 4) is 0 Å². The van der Waals surface area contributed by atoms with Gasteiger partial charge >= 0.3 is 0 Å². The number of rotatable bonds is 4. The predicted octanol–water partition coefficient (Wildman–Crippen LogP) is -1.19. The molecule has 1 fully saturated rings. The first kappa shape index (κ1) is 9.92. The highest BCUT2D eigenvalue weighted by molar-refractivity contribution is 4.94. The van der Waals surface area contributed by atoms with Crippen LogP contribution in [-0.2, 0) is 0 Å². The lowest BCUT2D eigenvalue weighted by atomic mass is 9.85. The van der Waals surface area contributed by atoms with Crippen LogP contribution in [0.5, 0.6) is 0 Å². The summed E-state index contributed by atoms with van der Waals surface area (Å²) in [5.74, 6) is 0. The van der Waals surface area contributed by atoms with E-state index in [1.807, 2.05) is 0 Å². The molecule has 72 valence electrons. The lowest BCUT2D eigenvalue weighted by Crippen LogP contribution is -2.59. The summed E-state index contributed by atoms with van der Waals surface area (Å²) in [6.07, 6.45) is 1.88. The van der Waals surface area contributed by atoms with Crippen molar-refractivity contribution < 1.29 is 10.2 Å². The summed E-state index contributed by atoms with van der Waals surface area (Å²) in [7, 11) is 0. The summed E-state index contributed by atoms with van der Waals surface area (Å²) >= 11 is 0. The Kier molecular flexibility index (Phi) is 3.06. The van der Waals surface area contributed by atoms with Gasteiger partial charge in [-0.3, -0.25) is 0 Å². The van der Waals surface area contributed by atoms with Gasteiger partial charge in [-0.1, -0.05) is 0 Å². The van der Waals surface area contributed by atoms with Crippen molar-refractivity contribution in [2.45, 2.75) is 37.4 Å². The van der Waals surface area contributed by atoms with Gasteiger partial charge < -0.3 is 21.3 Å². The second-order valence-corrected chi connectivity index (χ2v) is 3.95. The first-order valence-corrected chi connectivity index (χ1v) is 4.34. The topological polar surface area (TPSA) is 78.5 Å². The average Bonchev–Trinajstić information content (AvgIpc) is 2.02. The van der Waals surface area contributed by atoms with Gasteiger partial charge in [0.2, 0.25) is 0 Å². The molecule has 0 amide bonds. The summed E-state index contributed by atoms with van der Waals surface area (Å²) in [6, 6.07) is 0.661. The van der Waals surface area contributed by atoms with Gasteiger partial charge in [0.05, 0.1) is 18.8 Å². The fourth-order valence-electron chi connectivity index (χ4n) is 1.41. The first-order chi connectivity index (χ1) is 5.59. The summed E-state index contributed by atoms with van der Waals surface area (Å²) in [6.45, 7) is 1.71. The molecule has 0 aromatic heterocycles. The zero-order chi connectivity index (χ0) is 9.19. The number of nitrogens with two attached hydrogens (primary N) is 1. The van der Waals surface area contributed by atoms with Crippen LogP contribution in [0, 0.1) is 0 Å². The van der Waals surface area contributed by atoms with E-state index < -0.39 is 5.54 Å². The minimum atomic E-state index is -0.551. The molecular formula is C8H18N2O2. The van der Waals surface area contributed by atoms with Gasteiger partial charge in [-0.05, 0) is 19.8 Å². The Balaban J connectivity index is 2.28. The number of aliphatic hydroxyl groups excluding tert-OH is 2. The van der Waals surface area contributed by atoms with E-state index in [-0.39, 0.29) is 13.2 Å². The van der Waals surface area contributed by atoms with E-state index in [9.17, 15) is 0 Å². The van der Waals surface area contributed by atoms with Crippen LogP contribution in [0.15, 0.2) is 0 Å². The fourth-order valence-corrected chi connectivity index (χ4v) is 1.41. The molecule has 0 radical (unpaired) electrons.